The van der Waals surface area contributed by atoms with Crippen LogP contribution in [0.5, 0.6) is 5.75 Å². The number of H-pyrrole nitrogens is 1. The highest BCUT2D eigenvalue weighted by Gasteiger charge is 2.27. The largest absolute Gasteiger partial charge is 0.487 e. The Balaban J connectivity index is 1.28. The number of para-hydroxylation sites is 2. The lowest BCUT2D eigenvalue weighted by Gasteiger charge is -2.14. The SMILES string of the molecule is Cc1cnc(C)c(-c2cccc3c2O[C@H](CNC(=O)Cc2c(C)[nH]c4ccccc24)C3)n1. The van der Waals surface area contributed by atoms with Gasteiger partial charge in [-0.3, -0.25) is 9.78 Å². The first-order valence-electron chi connectivity index (χ1n) is 10.9. The van der Waals surface area contributed by atoms with Gasteiger partial charge in [-0.1, -0.05) is 30.3 Å². The lowest BCUT2D eigenvalue weighted by atomic mass is 10.0. The van der Waals surface area contributed by atoms with Gasteiger partial charge in [0, 0.05) is 34.8 Å². The molecule has 5 rings (SSSR count). The third-order valence-electron chi connectivity index (χ3n) is 6.05. The van der Waals surface area contributed by atoms with Gasteiger partial charge in [-0.05, 0) is 44.0 Å². The number of hydrogen-bond donors (Lipinski definition) is 2. The number of rotatable bonds is 5. The van der Waals surface area contributed by atoms with Crippen LogP contribution in [0.15, 0.2) is 48.7 Å². The lowest BCUT2D eigenvalue weighted by molar-refractivity contribution is -0.120. The van der Waals surface area contributed by atoms with E-state index in [1.165, 1.54) is 0 Å². The molecule has 3 heterocycles. The summed E-state index contributed by atoms with van der Waals surface area (Å²) < 4.78 is 6.28. The minimum atomic E-state index is -0.0998. The van der Waals surface area contributed by atoms with Gasteiger partial charge < -0.3 is 15.0 Å². The highest BCUT2D eigenvalue weighted by atomic mass is 16.5. The van der Waals surface area contributed by atoms with Gasteiger partial charge in [-0.25, -0.2) is 4.98 Å². The number of aromatic amines is 1. The topological polar surface area (TPSA) is 79.9 Å². The van der Waals surface area contributed by atoms with Crippen LogP contribution in [0.3, 0.4) is 0 Å². The predicted octanol–water partition coefficient (Wildman–Crippen LogP) is 4.21. The number of nitrogens with one attached hydrogen (secondary N) is 2. The van der Waals surface area contributed by atoms with E-state index in [0.29, 0.717) is 13.0 Å². The van der Waals surface area contributed by atoms with E-state index in [0.717, 1.165) is 62.5 Å². The number of aromatic nitrogens is 3. The summed E-state index contributed by atoms with van der Waals surface area (Å²) in [5.74, 6) is 0.847. The molecule has 4 aromatic rings. The van der Waals surface area contributed by atoms with E-state index in [1.54, 1.807) is 6.20 Å². The lowest BCUT2D eigenvalue weighted by Crippen LogP contribution is -2.35. The van der Waals surface area contributed by atoms with Crippen LogP contribution in [0.2, 0.25) is 0 Å². The van der Waals surface area contributed by atoms with Crippen molar-refractivity contribution in [2.24, 2.45) is 0 Å². The molecule has 0 spiro atoms. The third kappa shape index (κ3) is 3.73. The monoisotopic (exact) mass is 426 g/mol. The number of aryl methyl sites for hydroxylation is 3. The van der Waals surface area contributed by atoms with Crippen LogP contribution in [-0.2, 0) is 17.6 Å². The highest BCUT2D eigenvalue weighted by Crippen LogP contribution is 2.38. The molecular weight excluding hydrogens is 400 g/mol. The first kappa shape index (κ1) is 20.2. The molecule has 1 amide bonds. The molecule has 2 aromatic heterocycles. The molecule has 32 heavy (non-hydrogen) atoms. The van der Waals surface area contributed by atoms with Crippen molar-refractivity contribution in [1.82, 2.24) is 20.3 Å². The zero-order valence-electron chi connectivity index (χ0n) is 18.5. The zero-order chi connectivity index (χ0) is 22.2. The Morgan fingerprint density at radius 3 is 2.88 bits per heavy atom. The van der Waals surface area contributed by atoms with Crippen LogP contribution in [0.25, 0.3) is 22.2 Å². The van der Waals surface area contributed by atoms with E-state index in [9.17, 15) is 4.79 Å². The Hall–Kier alpha value is -3.67. The molecule has 0 saturated heterocycles. The molecule has 162 valence electrons. The zero-order valence-corrected chi connectivity index (χ0v) is 18.5. The molecule has 6 heteroatoms. The van der Waals surface area contributed by atoms with Gasteiger partial charge in [-0.2, -0.15) is 0 Å². The Kier molecular flexibility index (Phi) is 5.13. The van der Waals surface area contributed by atoms with Crippen LogP contribution in [0, 0.1) is 20.8 Å². The molecule has 0 bridgehead atoms. The molecular formula is C26H26N4O2. The van der Waals surface area contributed by atoms with Crippen molar-refractivity contribution >= 4 is 16.8 Å². The van der Waals surface area contributed by atoms with E-state index < -0.39 is 0 Å². The Morgan fingerprint density at radius 2 is 2.00 bits per heavy atom. The molecule has 1 atom stereocenters. The number of benzene rings is 2. The maximum Gasteiger partial charge on any atom is 0.224 e. The minimum absolute atomic E-state index is 0.00183. The van der Waals surface area contributed by atoms with E-state index in [1.807, 2.05) is 51.1 Å². The highest BCUT2D eigenvalue weighted by molar-refractivity contribution is 5.90. The number of carbonyl (C=O) groups is 1. The fraction of sp³-hybridized carbons (Fsp3) is 0.269. The Labute approximate surface area is 187 Å². The average Bonchev–Trinajstić information content (AvgIpc) is 3.34. The first-order valence-corrected chi connectivity index (χ1v) is 10.9. The summed E-state index contributed by atoms with van der Waals surface area (Å²) in [7, 11) is 0. The van der Waals surface area contributed by atoms with Crippen molar-refractivity contribution < 1.29 is 9.53 Å². The summed E-state index contributed by atoms with van der Waals surface area (Å²) >= 11 is 0. The molecule has 0 aliphatic carbocycles. The Bertz CT molecular complexity index is 1320. The van der Waals surface area contributed by atoms with E-state index in [-0.39, 0.29) is 12.0 Å². The van der Waals surface area contributed by atoms with Crippen molar-refractivity contribution in [3.8, 4) is 17.0 Å². The van der Waals surface area contributed by atoms with Crippen LogP contribution in [0.1, 0.15) is 28.2 Å². The second-order valence-corrected chi connectivity index (χ2v) is 8.44. The van der Waals surface area contributed by atoms with Gasteiger partial charge in [0.05, 0.1) is 30.0 Å². The number of carbonyl (C=O) groups excluding carboxylic acids is 1. The van der Waals surface area contributed by atoms with Crippen molar-refractivity contribution in [2.75, 3.05) is 6.54 Å². The number of ether oxygens (including phenoxy) is 1. The maximum atomic E-state index is 12.7. The second-order valence-electron chi connectivity index (χ2n) is 8.44. The molecule has 0 fully saturated rings. The van der Waals surface area contributed by atoms with E-state index >= 15 is 0 Å². The Morgan fingerprint density at radius 1 is 1.16 bits per heavy atom. The molecule has 6 nitrogen and oxygen atoms in total. The summed E-state index contributed by atoms with van der Waals surface area (Å²) in [6.07, 6.45) is 2.78. The smallest absolute Gasteiger partial charge is 0.224 e. The maximum absolute atomic E-state index is 12.7. The molecule has 0 unspecified atom stereocenters. The predicted molar refractivity (Wildman–Crippen MR) is 125 cm³/mol. The molecule has 1 aliphatic rings. The molecule has 1 aliphatic heterocycles. The minimum Gasteiger partial charge on any atom is -0.487 e. The molecule has 0 radical (unpaired) electrons. The summed E-state index contributed by atoms with van der Waals surface area (Å²) in [6, 6.07) is 14.2. The third-order valence-corrected chi connectivity index (χ3v) is 6.05. The summed E-state index contributed by atoms with van der Waals surface area (Å²) in [4.78, 5) is 25.2. The second kappa shape index (κ2) is 8.11. The van der Waals surface area contributed by atoms with Crippen molar-refractivity contribution in [2.45, 2.75) is 39.7 Å². The van der Waals surface area contributed by atoms with Crippen molar-refractivity contribution in [3.05, 3.63) is 76.9 Å². The van der Waals surface area contributed by atoms with Gasteiger partial charge in [0.15, 0.2) is 0 Å². The fourth-order valence-electron chi connectivity index (χ4n) is 4.44. The molecule has 0 saturated carbocycles. The summed E-state index contributed by atoms with van der Waals surface area (Å²) in [6.45, 7) is 6.37. The van der Waals surface area contributed by atoms with E-state index in [2.05, 4.69) is 32.4 Å². The van der Waals surface area contributed by atoms with Gasteiger partial charge in [0.1, 0.15) is 11.9 Å². The standard InChI is InChI=1S/C26H26N4O2/c1-15-13-27-17(3)25(29-15)21-9-6-7-18-11-19(32-26(18)21)14-28-24(31)12-22-16(2)30-23-10-5-4-8-20(22)23/h4-10,13,19,30H,11-12,14H2,1-3H3,(H,28,31)/t19-/m0/s1. The van der Waals surface area contributed by atoms with Gasteiger partial charge in [-0.15, -0.1) is 0 Å². The number of nitrogens with zero attached hydrogens (tertiary/aromatic N) is 2. The van der Waals surface area contributed by atoms with Crippen LogP contribution < -0.4 is 10.1 Å². The van der Waals surface area contributed by atoms with Crippen molar-refractivity contribution in [3.63, 3.8) is 0 Å². The molecule has 2 aromatic carbocycles. The quantitative estimate of drug-likeness (QED) is 0.501. The van der Waals surface area contributed by atoms with E-state index in [4.69, 9.17) is 4.74 Å². The first-order chi connectivity index (χ1) is 15.5. The van der Waals surface area contributed by atoms with Gasteiger partial charge in [0.2, 0.25) is 5.91 Å². The van der Waals surface area contributed by atoms with Gasteiger partial charge >= 0.3 is 0 Å². The summed E-state index contributed by atoms with van der Waals surface area (Å²) in [5.41, 5.74) is 7.83. The number of fused-ring (bicyclic) bond motifs is 2. The van der Waals surface area contributed by atoms with Crippen LogP contribution in [-0.4, -0.2) is 33.5 Å². The fourth-order valence-corrected chi connectivity index (χ4v) is 4.44. The van der Waals surface area contributed by atoms with Crippen molar-refractivity contribution in [1.29, 1.82) is 0 Å². The molecule has 2 N–H and O–H groups in total. The summed E-state index contributed by atoms with van der Waals surface area (Å²) in [5, 5.41) is 4.16. The average molecular weight is 427 g/mol. The van der Waals surface area contributed by atoms with Crippen LogP contribution >= 0.6 is 0 Å². The van der Waals surface area contributed by atoms with Gasteiger partial charge in [0.25, 0.3) is 0 Å². The number of amides is 1. The normalized spacial score (nSPS) is 14.9. The number of hydrogen-bond acceptors (Lipinski definition) is 4. The van der Waals surface area contributed by atoms with Crippen LogP contribution in [0.4, 0.5) is 0 Å².